The second-order valence-electron chi connectivity index (χ2n) is 9.49. The fraction of sp³-hybridized carbons (Fsp3) is 0.739. The van der Waals surface area contributed by atoms with Gasteiger partial charge in [-0.05, 0) is 76.8 Å². The number of carbonyl (C=O) groups is 1. The number of hydrogen-bond acceptors (Lipinski definition) is 5. The zero-order valence-electron chi connectivity index (χ0n) is 19.5. The van der Waals surface area contributed by atoms with Crippen LogP contribution in [0.1, 0.15) is 53.4 Å². The molecule has 1 amide bonds. The fourth-order valence-corrected chi connectivity index (χ4v) is 4.84. The molecular formula is C23H39N5O2S. The molecule has 2 fully saturated rings. The van der Waals surface area contributed by atoms with Gasteiger partial charge in [0.25, 0.3) is 0 Å². The largest absolute Gasteiger partial charge is 0.444 e. The molecule has 1 aromatic heterocycles. The first-order valence-corrected chi connectivity index (χ1v) is 12.5. The third kappa shape index (κ3) is 7.59. The van der Waals surface area contributed by atoms with Crippen molar-refractivity contribution in [3.63, 3.8) is 0 Å². The van der Waals surface area contributed by atoms with E-state index < -0.39 is 5.60 Å². The minimum absolute atomic E-state index is 0.196. The van der Waals surface area contributed by atoms with Crippen LogP contribution in [-0.2, 0) is 4.74 Å². The van der Waals surface area contributed by atoms with Crippen LogP contribution in [0.25, 0.3) is 0 Å². The molecule has 1 aromatic rings. The number of guanidine groups is 1. The highest BCUT2D eigenvalue weighted by molar-refractivity contribution is 7.14. The first kappa shape index (κ1) is 23.7. The topological polar surface area (TPSA) is 69.2 Å². The van der Waals surface area contributed by atoms with Gasteiger partial charge in [-0.25, -0.2) is 4.79 Å². The third-order valence-electron chi connectivity index (χ3n) is 5.77. The molecule has 0 unspecified atom stereocenters. The summed E-state index contributed by atoms with van der Waals surface area (Å²) in [5.74, 6) is 1.43. The van der Waals surface area contributed by atoms with Crippen molar-refractivity contribution in [3.8, 4) is 0 Å². The van der Waals surface area contributed by atoms with E-state index >= 15 is 0 Å². The van der Waals surface area contributed by atoms with E-state index in [0.717, 1.165) is 70.9 Å². The molecular weight excluding hydrogens is 410 g/mol. The van der Waals surface area contributed by atoms with Crippen molar-refractivity contribution >= 4 is 28.4 Å². The van der Waals surface area contributed by atoms with Crippen LogP contribution in [0.5, 0.6) is 0 Å². The normalized spacial score (nSPS) is 19.4. The summed E-state index contributed by atoms with van der Waals surface area (Å²) in [4.78, 5) is 21.4. The van der Waals surface area contributed by atoms with Crippen LogP contribution in [0, 0.1) is 5.92 Å². The number of aliphatic imine (C=N–C) groups is 1. The smallest absolute Gasteiger partial charge is 0.410 e. The number of nitrogens with one attached hydrogen (secondary N) is 2. The van der Waals surface area contributed by atoms with E-state index in [0.29, 0.717) is 12.0 Å². The maximum atomic E-state index is 12.2. The molecule has 0 spiro atoms. The van der Waals surface area contributed by atoms with Gasteiger partial charge in [-0.3, -0.25) is 4.99 Å². The van der Waals surface area contributed by atoms with Gasteiger partial charge in [-0.1, -0.05) is 0 Å². The van der Waals surface area contributed by atoms with Gasteiger partial charge in [-0.2, -0.15) is 0 Å². The number of ether oxygens (including phenoxy) is 1. The first-order valence-electron chi connectivity index (χ1n) is 11.7. The number of piperidine rings is 2. The van der Waals surface area contributed by atoms with Crippen LogP contribution in [0.3, 0.4) is 0 Å². The Kier molecular flexibility index (Phi) is 8.46. The predicted octanol–water partition coefficient (Wildman–Crippen LogP) is 3.92. The molecule has 2 N–H and O–H groups in total. The SMILES string of the molecule is CCNC(=NCC1CCN(C(=O)OC(C)(C)C)CC1)NC1CCN(c2cccs2)CC1. The highest BCUT2D eigenvalue weighted by atomic mass is 32.1. The molecule has 8 heteroatoms. The van der Waals surface area contributed by atoms with E-state index in [1.807, 2.05) is 37.0 Å². The van der Waals surface area contributed by atoms with E-state index in [-0.39, 0.29) is 6.09 Å². The number of thiophene rings is 1. The molecule has 0 atom stereocenters. The zero-order chi connectivity index (χ0) is 22.3. The van der Waals surface area contributed by atoms with Crippen molar-refractivity contribution < 1.29 is 9.53 Å². The van der Waals surface area contributed by atoms with Crippen LogP contribution < -0.4 is 15.5 Å². The van der Waals surface area contributed by atoms with E-state index in [4.69, 9.17) is 9.73 Å². The predicted molar refractivity (Wildman–Crippen MR) is 129 cm³/mol. The van der Waals surface area contributed by atoms with Crippen LogP contribution in [0.2, 0.25) is 0 Å². The Morgan fingerprint density at radius 2 is 1.90 bits per heavy atom. The van der Waals surface area contributed by atoms with Crippen molar-refractivity contribution in [3.05, 3.63) is 17.5 Å². The quantitative estimate of drug-likeness (QED) is 0.527. The van der Waals surface area contributed by atoms with Crippen molar-refractivity contribution in [1.82, 2.24) is 15.5 Å². The second-order valence-corrected chi connectivity index (χ2v) is 10.4. The molecule has 2 aliphatic rings. The van der Waals surface area contributed by atoms with E-state index in [1.165, 1.54) is 5.00 Å². The van der Waals surface area contributed by atoms with Gasteiger partial charge in [0.15, 0.2) is 5.96 Å². The number of carbonyl (C=O) groups excluding carboxylic acids is 1. The summed E-state index contributed by atoms with van der Waals surface area (Å²) in [5, 5.41) is 10.6. The second kappa shape index (κ2) is 11.1. The molecule has 2 saturated heterocycles. The summed E-state index contributed by atoms with van der Waals surface area (Å²) < 4.78 is 5.49. The number of anilines is 1. The third-order valence-corrected chi connectivity index (χ3v) is 6.70. The van der Waals surface area contributed by atoms with Gasteiger partial charge in [0.1, 0.15) is 5.60 Å². The molecule has 0 bridgehead atoms. The van der Waals surface area contributed by atoms with Gasteiger partial charge < -0.3 is 25.2 Å². The minimum atomic E-state index is -0.440. The molecule has 7 nitrogen and oxygen atoms in total. The summed E-state index contributed by atoms with van der Waals surface area (Å²) in [6, 6.07) is 4.79. The van der Waals surface area contributed by atoms with E-state index in [2.05, 4.69) is 40.0 Å². The highest BCUT2D eigenvalue weighted by Gasteiger charge is 2.27. The lowest BCUT2D eigenvalue weighted by Gasteiger charge is -2.34. The number of hydrogen-bond donors (Lipinski definition) is 2. The molecule has 174 valence electrons. The van der Waals surface area contributed by atoms with Gasteiger partial charge in [-0.15, -0.1) is 11.3 Å². The number of amides is 1. The van der Waals surface area contributed by atoms with E-state index in [9.17, 15) is 4.79 Å². The summed E-state index contributed by atoms with van der Waals surface area (Å²) in [6.07, 6.45) is 3.99. The molecule has 2 aliphatic heterocycles. The number of likely N-dealkylation sites (tertiary alicyclic amines) is 1. The molecule has 3 heterocycles. The van der Waals surface area contributed by atoms with Crippen LogP contribution in [-0.4, -0.2) is 67.9 Å². The van der Waals surface area contributed by atoms with E-state index in [1.54, 1.807) is 0 Å². The molecule has 0 aliphatic carbocycles. The summed E-state index contributed by atoms with van der Waals surface area (Å²) in [6.45, 7) is 13.2. The summed E-state index contributed by atoms with van der Waals surface area (Å²) >= 11 is 1.82. The standard InChI is InChI=1S/C23H39N5O2S/c1-5-24-21(26-19-10-14-27(15-11-19)20-7-6-16-31-20)25-17-18-8-12-28(13-9-18)22(29)30-23(2,3)4/h6-7,16,18-19H,5,8-15,17H2,1-4H3,(H2,24,25,26). The Balaban J connectivity index is 1.42. The van der Waals surface area contributed by atoms with Crippen LogP contribution in [0.4, 0.5) is 9.80 Å². The van der Waals surface area contributed by atoms with Crippen molar-refractivity contribution in [2.24, 2.45) is 10.9 Å². The Morgan fingerprint density at radius 3 is 2.48 bits per heavy atom. The lowest BCUT2D eigenvalue weighted by Crippen LogP contribution is -2.49. The number of rotatable bonds is 5. The molecule has 0 saturated carbocycles. The highest BCUT2D eigenvalue weighted by Crippen LogP contribution is 2.25. The van der Waals surface area contributed by atoms with Gasteiger partial charge >= 0.3 is 6.09 Å². The van der Waals surface area contributed by atoms with Gasteiger partial charge in [0.05, 0.1) is 5.00 Å². The lowest BCUT2D eigenvalue weighted by molar-refractivity contribution is 0.0187. The molecule has 0 radical (unpaired) electrons. The van der Waals surface area contributed by atoms with Crippen molar-refractivity contribution in [2.45, 2.75) is 65.0 Å². The van der Waals surface area contributed by atoms with Gasteiger partial charge in [0.2, 0.25) is 0 Å². The maximum absolute atomic E-state index is 12.2. The maximum Gasteiger partial charge on any atom is 0.410 e. The Hall–Kier alpha value is -1.96. The van der Waals surface area contributed by atoms with Crippen LogP contribution in [0.15, 0.2) is 22.5 Å². The molecule has 3 rings (SSSR count). The summed E-state index contributed by atoms with van der Waals surface area (Å²) in [5.41, 5.74) is -0.440. The summed E-state index contributed by atoms with van der Waals surface area (Å²) in [7, 11) is 0. The Bertz CT molecular complexity index is 700. The van der Waals surface area contributed by atoms with Crippen molar-refractivity contribution in [2.75, 3.05) is 44.2 Å². The Labute approximate surface area is 191 Å². The van der Waals surface area contributed by atoms with Crippen LogP contribution >= 0.6 is 11.3 Å². The van der Waals surface area contributed by atoms with Crippen molar-refractivity contribution in [1.29, 1.82) is 0 Å². The fourth-order valence-electron chi connectivity index (χ4n) is 4.05. The molecule has 31 heavy (non-hydrogen) atoms. The minimum Gasteiger partial charge on any atom is -0.444 e. The van der Waals surface area contributed by atoms with Gasteiger partial charge in [0, 0.05) is 45.3 Å². The number of nitrogens with zero attached hydrogens (tertiary/aromatic N) is 3. The average molecular weight is 450 g/mol. The first-order chi connectivity index (χ1) is 14.8. The Morgan fingerprint density at radius 1 is 1.19 bits per heavy atom. The zero-order valence-corrected chi connectivity index (χ0v) is 20.3. The lowest BCUT2D eigenvalue weighted by atomic mass is 9.97. The monoisotopic (exact) mass is 449 g/mol. The average Bonchev–Trinajstić information content (AvgIpc) is 3.27. The molecule has 0 aromatic carbocycles.